The van der Waals surface area contributed by atoms with E-state index in [2.05, 4.69) is 17.3 Å². The van der Waals surface area contributed by atoms with Gasteiger partial charge in [0.15, 0.2) is 0 Å². The maximum absolute atomic E-state index is 6.09. The smallest absolute Gasteiger partial charge is 0.140 e. The standard InChI is InChI=1S/C13H20ClN3O/c1-9-3-2-4-10(7-9)18-8-12-11(14)5-6-13(16-12)17-15/h5-6,9-10H,2-4,7-8,15H2,1H3,(H,16,17). The Morgan fingerprint density at radius 2 is 2.33 bits per heavy atom. The van der Waals surface area contributed by atoms with Crippen molar-refractivity contribution in [3.63, 3.8) is 0 Å². The number of nitrogens with one attached hydrogen (secondary N) is 1. The molecule has 2 unspecified atom stereocenters. The van der Waals surface area contributed by atoms with E-state index in [1.54, 1.807) is 12.1 Å². The van der Waals surface area contributed by atoms with Gasteiger partial charge in [-0.05, 0) is 30.9 Å². The molecule has 0 spiro atoms. The highest BCUT2D eigenvalue weighted by Gasteiger charge is 2.19. The second kappa shape index (κ2) is 6.36. The Hall–Kier alpha value is -0.840. The fourth-order valence-corrected chi connectivity index (χ4v) is 2.55. The van der Waals surface area contributed by atoms with E-state index in [4.69, 9.17) is 22.2 Å². The van der Waals surface area contributed by atoms with Gasteiger partial charge < -0.3 is 10.2 Å². The molecule has 18 heavy (non-hydrogen) atoms. The van der Waals surface area contributed by atoms with Crippen molar-refractivity contribution in [1.82, 2.24) is 4.98 Å². The first kappa shape index (κ1) is 13.6. The van der Waals surface area contributed by atoms with Crippen LogP contribution in [0, 0.1) is 5.92 Å². The predicted octanol–water partition coefficient (Wildman–Crippen LogP) is 3.12. The maximum atomic E-state index is 6.09. The number of hydrogen-bond acceptors (Lipinski definition) is 4. The normalized spacial score (nSPS) is 23.9. The minimum absolute atomic E-state index is 0.334. The summed E-state index contributed by atoms with van der Waals surface area (Å²) >= 11 is 6.09. The molecule has 5 heteroatoms. The third-order valence-electron chi connectivity index (χ3n) is 3.41. The molecule has 3 N–H and O–H groups in total. The van der Waals surface area contributed by atoms with Gasteiger partial charge in [-0.15, -0.1) is 0 Å². The molecule has 4 nitrogen and oxygen atoms in total. The number of ether oxygens (including phenoxy) is 1. The number of nitrogens with two attached hydrogens (primary N) is 1. The number of anilines is 1. The van der Waals surface area contributed by atoms with E-state index in [9.17, 15) is 0 Å². The molecule has 2 rings (SSSR count). The fraction of sp³-hybridized carbons (Fsp3) is 0.615. The minimum atomic E-state index is 0.334. The van der Waals surface area contributed by atoms with Gasteiger partial charge in [0.2, 0.25) is 0 Å². The largest absolute Gasteiger partial charge is 0.372 e. The molecular formula is C13H20ClN3O. The maximum Gasteiger partial charge on any atom is 0.140 e. The third-order valence-corrected chi connectivity index (χ3v) is 3.75. The molecule has 0 radical (unpaired) electrons. The molecule has 1 saturated carbocycles. The quantitative estimate of drug-likeness (QED) is 0.651. The minimum Gasteiger partial charge on any atom is -0.372 e. The van der Waals surface area contributed by atoms with E-state index in [1.807, 2.05) is 0 Å². The van der Waals surface area contributed by atoms with E-state index in [1.165, 1.54) is 12.8 Å². The fourth-order valence-electron chi connectivity index (χ4n) is 2.39. The molecule has 0 bridgehead atoms. The summed E-state index contributed by atoms with van der Waals surface area (Å²) in [7, 11) is 0. The Bertz CT molecular complexity index is 400. The van der Waals surface area contributed by atoms with Gasteiger partial charge in [-0.1, -0.05) is 31.4 Å². The lowest BCUT2D eigenvalue weighted by Gasteiger charge is -2.26. The van der Waals surface area contributed by atoms with Crippen molar-refractivity contribution in [2.24, 2.45) is 11.8 Å². The van der Waals surface area contributed by atoms with Crippen molar-refractivity contribution in [3.05, 3.63) is 22.8 Å². The van der Waals surface area contributed by atoms with Gasteiger partial charge in [0, 0.05) is 0 Å². The summed E-state index contributed by atoms with van der Waals surface area (Å²) in [5.74, 6) is 6.69. The Balaban J connectivity index is 1.92. The molecular weight excluding hydrogens is 250 g/mol. The average molecular weight is 270 g/mol. The van der Waals surface area contributed by atoms with Crippen molar-refractivity contribution in [2.45, 2.75) is 45.3 Å². The predicted molar refractivity (Wildman–Crippen MR) is 73.3 cm³/mol. The molecule has 0 saturated heterocycles. The van der Waals surface area contributed by atoms with E-state index in [0.717, 1.165) is 24.5 Å². The van der Waals surface area contributed by atoms with Crippen LogP contribution in [0.5, 0.6) is 0 Å². The summed E-state index contributed by atoms with van der Waals surface area (Å²) in [5.41, 5.74) is 3.26. The van der Waals surface area contributed by atoms with Crippen molar-refractivity contribution < 1.29 is 4.74 Å². The summed E-state index contributed by atoms with van der Waals surface area (Å²) in [5, 5.41) is 0.623. The molecule has 0 aliphatic heterocycles. The van der Waals surface area contributed by atoms with Crippen LogP contribution >= 0.6 is 11.6 Å². The van der Waals surface area contributed by atoms with Gasteiger partial charge >= 0.3 is 0 Å². The average Bonchev–Trinajstić information content (AvgIpc) is 2.38. The number of hydrogen-bond donors (Lipinski definition) is 2. The van der Waals surface area contributed by atoms with Crippen molar-refractivity contribution in [2.75, 3.05) is 5.43 Å². The number of halogens is 1. The number of nitrogens with zero attached hydrogens (tertiary/aromatic N) is 1. The molecule has 0 amide bonds. The van der Waals surface area contributed by atoms with Crippen LogP contribution in [0.1, 0.15) is 38.3 Å². The molecule has 0 aromatic carbocycles. The summed E-state index contributed by atoms with van der Waals surface area (Å²) in [6, 6.07) is 3.53. The summed E-state index contributed by atoms with van der Waals surface area (Å²) in [4.78, 5) is 4.30. The van der Waals surface area contributed by atoms with Crippen molar-refractivity contribution in [1.29, 1.82) is 0 Å². The molecule has 1 aromatic heterocycles. The molecule has 2 atom stereocenters. The lowest BCUT2D eigenvalue weighted by Crippen LogP contribution is -2.21. The Labute approximate surface area is 113 Å². The van der Waals surface area contributed by atoms with Gasteiger partial charge in [0.25, 0.3) is 0 Å². The first-order chi connectivity index (χ1) is 8.69. The van der Waals surface area contributed by atoms with Gasteiger partial charge in [0.05, 0.1) is 23.4 Å². The van der Waals surface area contributed by atoms with Crippen LogP contribution in [0.4, 0.5) is 5.82 Å². The SMILES string of the molecule is CC1CCCC(OCc2nc(NN)ccc2Cl)C1. The zero-order valence-electron chi connectivity index (χ0n) is 10.7. The zero-order chi connectivity index (χ0) is 13.0. The molecule has 1 aromatic rings. The van der Waals surface area contributed by atoms with Gasteiger partial charge in [-0.2, -0.15) is 0 Å². The summed E-state index contributed by atoms with van der Waals surface area (Å²) in [6.07, 6.45) is 5.16. The Morgan fingerprint density at radius 3 is 3.06 bits per heavy atom. The lowest BCUT2D eigenvalue weighted by molar-refractivity contribution is 0.00329. The van der Waals surface area contributed by atoms with Gasteiger partial charge in [0.1, 0.15) is 5.82 Å². The van der Waals surface area contributed by atoms with Crippen molar-refractivity contribution in [3.8, 4) is 0 Å². The number of aromatic nitrogens is 1. The molecule has 1 aliphatic carbocycles. The third kappa shape index (κ3) is 3.57. The van der Waals surface area contributed by atoms with Crippen LogP contribution in [0.2, 0.25) is 5.02 Å². The van der Waals surface area contributed by atoms with E-state index >= 15 is 0 Å². The topological polar surface area (TPSA) is 60.2 Å². The van der Waals surface area contributed by atoms with Crippen molar-refractivity contribution >= 4 is 17.4 Å². The van der Waals surface area contributed by atoms with Crippen LogP contribution in [-0.4, -0.2) is 11.1 Å². The van der Waals surface area contributed by atoms with Crippen LogP contribution in [0.15, 0.2) is 12.1 Å². The van der Waals surface area contributed by atoms with E-state index in [0.29, 0.717) is 23.6 Å². The monoisotopic (exact) mass is 269 g/mol. The van der Waals surface area contributed by atoms with E-state index in [-0.39, 0.29) is 0 Å². The molecule has 100 valence electrons. The first-order valence-electron chi connectivity index (χ1n) is 6.42. The number of hydrazine groups is 1. The number of pyridine rings is 1. The highest BCUT2D eigenvalue weighted by Crippen LogP contribution is 2.27. The second-order valence-corrected chi connectivity index (χ2v) is 5.38. The van der Waals surface area contributed by atoms with E-state index < -0.39 is 0 Å². The second-order valence-electron chi connectivity index (χ2n) is 4.97. The molecule has 1 aliphatic rings. The molecule has 1 heterocycles. The zero-order valence-corrected chi connectivity index (χ0v) is 11.4. The lowest BCUT2D eigenvalue weighted by atomic mass is 9.89. The van der Waals surface area contributed by atoms with Gasteiger partial charge in [-0.25, -0.2) is 10.8 Å². The number of rotatable bonds is 4. The van der Waals surface area contributed by atoms with Crippen LogP contribution in [0.25, 0.3) is 0 Å². The summed E-state index contributed by atoms with van der Waals surface area (Å²) < 4.78 is 5.90. The number of nitrogen functional groups attached to an aromatic ring is 1. The Morgan fingerprint density at radius 1 is 1.50 bits per heavy atom. The first-order valence-corrected chi connectivity index (χ1v) is 6.80. The summed E-state index contributed by atoms with van der Waals surface area (Å²) in [6.45, 7) is 2.73. The van der Waals surface area contributed by atoms with Crippen LogP contribution in [-0.2, 0) is 11.3 Å². The molecule has 1 fully saturated rings. The van der Waals surface area contributed by atoms with Crippen LogP contribution < -0.4 is 11.3 Å². The highest BCUT2D eigenvalue weighted by atomic mass is 35.5. The van der Waals surface area contributed by atoms with Gasteiger partial charge in [-0.3, -0.25) is 0 Å². The Kier molecular flexibility index (Phi) is 4.80. The van der Waals surface area contributed by atoms with Crippen LogP contribution in [0.3, 0.4) is 0 Å². The highest BCUT2D eigenvalue weighted by molar-refractivity contribution is 6.31.